The van der Waals surface area contributed by atoms with Gasteiger partial charge in [-0.3, -0.25) is 4.98 Å². The van der Waals surface area contributed by atoms with Crippen molar-refractivity contribution in [3.05, 3.63) is 53.3 Å². The molecule has 3 nitrogen and oxygen atoms in total. The van der Waals surface area contributed by atoms with Gasteiger partial charge in [0.05, 0.1) is 0 Å². The Morgan fingerprint density at radius 3 is 2.39 bits per heavy atom. The fourth-order valence-electron chi connectivity index (χ4n) is 3.66. The summed E-state index contributed by atoms with van der Waals surface area (Å²) in [6.07, 6.45) is 2.19. The molecular formula is C20H22N3+. The molecule has 0 spiro atoms. The van der Waals surface area contributed by atoms with E-state index in [1.807, 2.05) is 0 Å². The number of benzene rings is 1. The van der Waals surface area contributed by atoms with E-state index in [1.54, 1.807) is 0 Å². The Labute approximate surface area is 136 Å². The maximum Gasteiger partial charge on any atom is 0.199 e. The van der Waals surface area contributed by atoms with E-state index in [0.29, 0.717) is 5.92 Å². The second-order valence-corrected chi connectivity index (χ2v) is 6.81. The molecular weight excluding hydrogens is 282 g/mol. The molecule has 3 aromatic heterocycles. The number of hydrogen-bond acceptors (Lipinski definition) is 1. The highest BCUT2D eigenvalue weighted by Crippen LogP contribution is 2.32. The molecule has 0 amide bonds. The molecule has 0 radical (unpaired) electrons. The first kappa shape index (κ1) is 14.2. The quantitative estimate of drug-likeness (QED) is 0.381. The predicted octanol–water partition coefficient (Wildman–Crippen LogP) is 4.21. The molecule has 116 valence electrons. The maximum absolute atomic E-state index is 5.03. The highest BCUT2D eigenvalue weighted by Gasteiger charge is 2.20. The van der Waals surface area contributed by atoms with Crippen molar-refractivity contribution in [1.82, 2.24) is 9.50 Å². The topological polar surface area (TPSA) is 21.2 Å². The fraction of sp³-hybridized carbons (Fsp3) is 0.300. The smallest absolute Gasteiger partial charge is 0.199 e. The molecule has 0 N–H and O–H groups in total. The zero-order valence-electron chi connectivity index (χ0n) is 14.4. The third-order valence-electron chi connectivity index (χ3n) is 4.73. The van der Waals surface area contributed by atoms with Gasteiger partial charge < -0.3 is 0 Å². The first-order valence-corrected chi connectivity index (χ1v) is 8.19. The van der Waals surface area contributed by atoms with Crippen molar-refractivity contribution in [3.8, 4) is 0 Å². The van der Waals surface area contributed by atoms with Crippen molar-refractivity contribution in [1.29, 1.82) is 0 Å². The molecule has 4 aromatic rings. The van der Waals surface area contributed by atoms with Gasteiger partial charge in [-0.1, -0.05) is 38.1 Å². The van der Waals surface area contributed by atoms with Crippen LogP contribution in [0.25, 0.3) is 27.3 Å². The van der Waals surface area contributed by atoms with Crippen LogP contribution in [0.4, 0.5) is 0 Å². The monoisotopic (exact) mass is 304 g/mol. The molecule has 3 heteroatoms. The zero-order valence-corrected chi connectivity index (χ0v) is 14.4. The molecule has 0 saturated carbocycles. The number of fused-ring (bicyclic) bond motifs is 6. The van der Waals surface area contributed by atoms with E-state index in [4.69, 9.17) is 4.98 Å². The molecule has 23 heavy (non-hydrogen) atoms. The highest BCUT2D eigenvalue weighted by atomic mass is 15.3. The van der Waals surface area contributed by atoms with Crippen LogP contribution in [0.2, 0.25) is 0 Å². The number of hydrogen-bond donors (Lipinski definition) is 0. The summed E-state index contributed by atoms with van der Waals surface area (Å²) in [6, 6.07) is 10.8. The highest BCUT2D eigenvalue weighted by molar-refractivity contribution is 6.11. The van der Waals surface area contributed by atoms with E-state index in [-0.39, 0.29) is 0 Å². The van der Waals surface area contributed by atoms with Crippen LogP contribution in [-0.4, -0.2) is 9.50 Å². The van der Waals surface area contributed by atoms with Gasteiger partial charge in [0, 0.05) is 22.0 Å². The minimum Gasteiger partial charge on any atom is -0.250 e. The summed E-state index contributed by atoms with van der Waals surface area (Å²) in [5, 5.41) is 2.51. The fourth-order valence-corrected chi connectivity index (χ4v) is 3.66. The number of aryl methyl sites for hydroxylation is 3. The Balaban J connectivity index is 2.38. The average molecular weight is 304 g/mol. The van der Waals surface area contributed by atoms with Crippen LogP contribution in [0, 0.1) is 13.8 Å². The second kappa shape index (κ2) is 4.79. The summed E-state index contributed by atoms with van der Waals surface area (Å²) < 4.78 is 4.47. The molecule has 0 unspecified atom stereocenters. The van der Waals surface area contributed by atoms with Gasteiger partial charge in [0.25, 0.3) is 0 Å². The van der Waals surface area contributed by atoms with Gasteiger partial charge in [0.15, 0.2) is 13.2 Å². The number of pyridine rings is 2. The van der Waals surface area contributed by atoms with Crippen molar-refractivity contribution in [2.75, 3.05) is 0 Å². The number of aromatic nitrogens is 3. The Kier molecular flexibility index (Phi) is 2.95. The van der Waals surface area contributed by atoms with Crippen LogP contribution in [0.15, 0.2) is 36.5 Å². The first-order chi connectivity index (χ1) is 11.0. The van der Waals surface area contributed by atoms with Gasteiger partial charge >= 0.3 is 0 Å². The normalized spacial score (nSPS) is 12.1. The lowest BCUT2D eigenvalue weighted by molar-refractivity contribution is -0.735. The minimum atomic E-state index is 0.424. The third kappa shape index (κ3) is 1.89. The summed E-state index contributed by atoms with van der Waals surface area (Å²) in [5.41, 5.74) is 7.31. The second-order valence-electron chi connectivity index (χ2n) is 6.81. The van der Waals surface area contributed by atoms with Gasteiger partial charge in [-0.15, -0.1) is 9.20 Å². The summed E-state index contributed by atoms with van der Waals surface area (Å²) in [4.78, 5) is 5.03. The Morgan fingerprint density at radius 1 is 1.00 bits per heavy atom. The number of rotatable bonds is 1. The van der Waals surface area contributed by atoms with Crippen molar-refractivity contribution >= 4 is 27.3 Å². The van der Waals surface area contributed by atoms with Crippen molar-refractivity contribution in [3.63, 3.8) is 0 Å². The molecule has 4 rings (SSSR count). The van der Waals surface area contributed by atoms with E-state index in [1.165, 1.54) is 32.9 Å². The van der Waals surface area contributed by atoms with E-state index < -0.39 is 0 Å². The molecule has 0 saturated heterocycles. The average Bonchev–Trinajstić information content (AvgIpc) is 2.82. The van der Waals surface area contributed by atoms with E-state index in [0.717, 1.165) is 11.2 Å². The van der Waals surface area contributed by atoms with Crippen LogP contribution in [0.5, 0.6) is 0 Å². The van der Waals surface area contributed by atoms with Crippen LogP contribution in [-0.2, 0) is 7.05 Å². The van der Waals surface area contributed by atoms with Crippen LogP contribution in [0.3, 0.4) is 0 Å². The minimum absolute atomic E-state index is 0.424. The molecule has 0 fully saturated rings. The van der Waals surface area contributed by atoms with Gasteiger partial charge in [-0.25, -0.2) is 0 Å². The van der Waals surface area contributed by atoms with Crippen molar-refractivity contribution < 1.29 is 4.68 Å². The Hall–Kier alpha value is -2.42. The molecule has 0 atom stereocenters. The largest absolute Gasteiger partial charge is 0.250 e. The van der Waals surface area contributed by atoms with Gasteiger partial charge in [0.2, 0.25) is 0 Å². The molecule has 3 heterocycles. The summed E-state index contributed by atoms with van der Waals surface area (Å²) in [5.74, 6) is 0.424. The Bertz CT molecular complexity index is 1070. The molecule has 0 aliphatic rings. The van der Waals surface area contributed by atoms with E-state index in [2.05, 4.69) is 80.5 Å². The predicted molar refractivity (Wildman–Crippen MR) is 94.9 cm³/mol. The van der Waals surface area contributed by atoms with E-state index >= 15 is 0 Å². The van der Waals surface area contributed by atoms with Crippen LogP contribution >= 0.6 is 0 Å². The summed E-state index contributed by atoms with van der Waals surface area (Å²) >= 11 is 0. The molecule has 0 aliphatic heterocycles. The van der Waals surface area contributed by atoms with Crippen LogP contribution < -0.4 is 4.68 Å². The van der Waals surface area contributed by atoms with Gasteiger partial charge in [-0.05, 0) is 31.4 Å². The lowest BCUT2D eigenvalue weighted by Crippen LogP contribution is -2.34. The van der Waals surface area contributed by atoms with Crippen LogP contribution in [0.1, 0.15) is 36.6 Å². The lowest BCUT2D eigenvalue weighted by atomic mass is 10.0. The lowest BCUT2D eigenvalue weighted by Gasteiger charge is -2.12. The first-order valence-electron chi connectivity index (χ1n) is 8.19. The van der Waals surface area contributed by atoms with Gasteiger partial charge in [-0.2, -0.15) is 0 Å². The van der Waals surface area contributed by atoms with Crippen molar-refractivity contribution in [2.24, 2.45) is 7.05 Å². The molecule has 0 bridgehead atoms. The summed E-state index contributed by atoms with van der Waals surface area (Å²) in [6.45, 7) is 8.78. The number of nitrogens with zero attached hydrogens (tertiary/aromatic N) is 3. The Morgan fingerprint density at radius 2 is 1.70 bits per heavy atom. The molecule has 0 aliphatic carbocycles. The standard InChI is InChI=1S/C20H22N3/c1-12(2)17-10-13(3)20-18(21-17)15-8-6-7-9-16(15)19-14(4)11-22(5)23(19)20/h6-12H,1-5H3/q+1. The SMILES string of the molecule is Cc1c[n+](C)n2c1c1ccccc1c1nc(C(C)C)cc(C)c12. The maximum atomic E-state index is 5.03. The van der Waals surface area contributed by atoms with Crippen molar-refractivity contribution in [2.45, 2.75) is 33.6 Å². The zero-order chi connectivity index (χ0) is 16.3. The molecule has 1 aromatic carbocycles. The van der Waals surface area contributed by atoms with Gasteiger partial charge in [0.1, 0.15) is 16.6 Å². The summed E-state index contributed by atoms with van der Waals surface area (Å²) in [7, 11) is 2.10. The van der Waals surface area contributed by atoms with E-state index in [9.17, 15) is 0 Å². The third-order valence-corrected chi connectivity index (χ3v) is 4.73.